The highest BCUT2D eigenvalue weighted by molar-refractivity contribution is 5.95. The monoisotopic (exact) mass is 276 g/mol. The van der Waals surface area contributed by atoms with Gasteiger partial charge in [0.15, 0.2) is 0 Å². The maximum atomic E-state index is 12.2. The van der Waals surface area contributed by atoms with Crippen LogP contribution in [0.5, 0.6) is 0 Å². The van der Waals surface area contributed by atoms with Crippen molar-refractivity contribution in [1.29, 1.82) is 0 Å². The highest BCUT2D eigenvalue weighted by atomic mass is 16.5. The quantitative estimate of drug-likeness (QED) is 0.913. The van der Waals surface area contributed by atoms with Crippen molar-refractivity contribution in [3.05, 3.63) is 29.8 Å². The summed E-state index contributed by atoms with van der Waals surface area (Å²) in [6.45, 7) is 4.42. The molecule has 1 aliphatic rings. The van der Waals surface area contributed by atoms with E-state index < -0.39 is 0 Å². The molecular formula is C15H20N2O3. The first kappa shape index (κ1) is 14.5. The van der Waals surface area contributed by atoms with Gasteiger partial charge in [0.25, 0.3) is 5.91 Å². The molecule has 0 spiro atoms. The number of hydrogen-bond donors (Lipinski definition) is 1. The summed E-state index contributed by atoms with van der Waals surface area (Å²) < 4.78 is 5.23. The molecule has 0 atom stereocenters. The summed E-state index contributed by atoms with van der Waals surface area (Å²) in [5.74, 6) is 0.0134. The van der Waals surface area contributed by atoms with Crippen LogP contribution in [-0.2, 0) is 9.53 Å². The second-order valence-electron chi connectivity index (χ2n) is 4.78. The van der Waals surface area contributed by atoms with Crippen molar-refractivity contribution in [3.8, 4) is 0 Å². The highest BCUT2D eigenvalue weighted by Gasteiger charge is 2.18. The molecule has 1 aliphatic heterocycles. The van der Waals surface area contributed by atoms with E-state index in [1.54, 1.807) is 29.2 Å². The topological polar surface area (TPSA) is 58.6 Å². The molecular weight excluding hydrogens is 256 g/mol. The van der Waals surface area contributed by atoms with Crippen LogP contribution in [0.4, 0.5) is 5.69 Å². The normalized spacial score (nSPS) is 14.9. The minimum atomic E-state index is -0.000226. The van der Waals surface area contributed by atoms with Gasteiger partial charge in [0.05, 0.1) is 13.2 Å². The van der Waals surface area contributed by atoms with Crippen LogP contribution in [0, 0.1) is 0 Å². The molecule has 1 aromatic rings. The smallest absolute Gasteiger partial charge is 0.254 e. The predicted molar refractivity (Wildman–Crippen MR) is 76.7 cm³/mol. The molecule has 1 fully saturated rings. The zero-order valence-corrected chi connectivity index (χ0v) is 11.7. The van der Waals surface area contributed by atoms with E-state index in [0.717, 1.165) is 12.1 Å². The van der Waals surface area contributed by atoms with Crippen LogP contribution in [0.15, 0.2) is 24.3 Å². The summed E-state index contributed by atoms with van der Waals surface area (Å²) in [6.07, 6.45) is 1.33. The molecule has 108 valence electrons. The third-order valence-corrected chi connectivity index (χ3v) is 3.19. The summed E-state index contributed by atoms with van der Waals surface area (Å²) in [6, 6.07) is 7.03. The van der Waals surface area contributed by atoms with Crippen LogP contribution in [0.25, 0.3) is 0 Å². The number of anilines is 1. The number of morpholine rings is 1. The lowest BCUT2D eigenvalue weighted by molar-refractivity contribution is -0.116. The Balaban J connectivity index is 1.96. The Morgan fingerprint density at radius 2 is 1.85 bits per heavy atom. The number of benzene rings is 1. The SMILES string of the molecule is CCCC(=O)Nc1ccc(C(=O)N2CCOCC2)cc1. The second kappa shape index (κ2) is 7.05. The van der Waals surface area contributed by atoms with Crippen LogP contribution in [0.1, 0.15) is 30.1 Å². The van der Waals surface area contributed by atoms with Crippen LogP contribution in [0.2, 0.25) is 0 Å². The minimum Gasteiger partial charge on any atom is -0.378 e. The maximum absolute atomic E-state index is 12.2. The molecule has 0 bridgehead atoms. The third-order valence-electron chi connectivity index (χ3n) is 3.19. The van der Waals surface area contributed by atoms with Crippen molar-refractivity contribution < 1.29 is 14.3 Å². The van der Waals surface area contributed by atoms with E-state index in [-0.39, 0.29) is 11.8 Å². The average molecular weight is 276 g/mol. The molecule has 0 aromatic heterocycles. The fourth-order valence-corrected chi connectivity index (χ4v) is 2.10. The lowest BCUT2D eigenvalue weighted by Gasteiger charge is -2.26. The van der Waals surface area contributed by atoms with Crippen molar-refractivity contribution in [2.45, 2.75) is 19.8 Å². The van der Waals surface area contributed by atoms with Gasteiger partial charge in [-0.15, -0.1) is 0 Å². The number of ether oxygens (including phenoxy) is 1. The van der Waals surface area contributed by atoms with Gasteiger partial charge >= 0.3 is 0 Å². The Kier molecular flexibility index (Phi) is 5.12. The molecule has 0 radical (unpaired) electrons. The van der Waals surface area contributed by atoms with Gasteiger partial charge in [-0.2, -0.15) is 0 Å². The largest absolute Gasteiger partial charge is 0.378 e. The first-order valence-electron chi connectivity index (χ1n) is 6.97. The highest BCUT2D eigenvalue weighted by Crippen LogP contribution is 2.13. The van der Waals surface area contributed by atoms with E-state index in [4.69, 9.17) is 4.74 Å². The Morgan fingerprint density at radius 3 is 2.45 bits per heavy atom. The molecule has 1 N–H and O–H groups in total. The van der Waals surface area contributed by atoms with E-state index in [2.05, 4.69) is 5.32 Å². The second-order valence-corrected chi connectivity index (χ2v) is 4.78. The molecule has 0 aliphatic carbocycles. The van der Waals surface area contributed by atoms with E-state index >= 15 is 0 Å². The molecule has 1 aromatic carbocycles. The molecule has 5 heteroatoms. The van der Waals surface area contributed by atoms with Crippen molar-refractivity contribution in [1.82, 2.24) is 4.90 Å². The number of carbonyl (C=O) groups excluding carboxylic acids is 2. The average Bonchev–Trinajstić information content (AvgIpc) is 2.48. The lowest BCUT2D eigenvalue weighted by atomic mass is 10.1. The van der Waals surface area contributed by atoms with Crippen LogP contribution in [0.3, 0.4) is 0 Å². The molecule has 1 saturated heterocycles. The van der Waals surface area contributed by atoms with E-state index in [1.165, 1.54) is 0 Å². The van der Waals surface area contributed by atoms with Crippen LogP contribution < -0.4 is 5.32 Å². The van der Waals surface area contributed by atoms with Crippen molar-refractivity contribution in [3.63, 3.8) is 0 Å². The number of rotatable bonds is 4. The van der Waals surface area contributed by atoms with Gasteiger partial charge < -0.3 is 15.0 Å². The van der Waals surface area contributed by atoms with Gasteiger partial charge in [-0.25, -0.2) is 0 Å². The number of nitrogens with one attached hydrogen (secondary N) is 1. The van der Waals surface area contributed by atoms with Gasteiger partial charge in [0.1, 0.15) is 0 Å². The van der Waals surface area contributed by atoms with Crippen LogP contribution >= 0.6 is 0 Å². The molecule has 2 rings (SSSR count). The molecule has 2 amide bonds. The van der Waals surface area contributed by atoms with Gasteiger partial charge in [-0.3, -0.25) is 9.59 Å². The fraction of sp³-hybridized carbons (Fsp3) is 0.467. The summed E-state index contributed by atoms with van der Waals surface area (Å²) >= 11 is 0. The first-order chi connectivity index (χ1) is 9.70. The summed E-state index contributed by atoms with van der Waals surface area (Å²) in [5.41, 5.74) is 1.36. The molecule has 5 nitrogen and oxygen atoms in total. The number of carbonyl (C=O) groups is 2. The van der Waals surface area contributed by atoms with Crippen molar-refractivity contribution in [2.24, 2.45) is 0 Å². The van der Waals surface area contributed by atoms with Crippen molar-refractivity contribution in [2.75, 3.05) is 31.6 Å². The summed E-state index contributed by atoms with van der Waals surface area (Å²) in [5, 5.41) is 2.80. The maximum Gasteiger partial charge on any atom is 0.254 e. The lowest BCUT2D eigenvalue weighted by Crippen LogP contribution is -2.40. The molecule has 0 saturated carbocycles. The van der Waals surface area contributed by atoms with Crippen molar-refractivity contribution >= 4 is 17.5 Å². The van der Waals surface area contributed by atoms with Gasteiger partial charge in [0, 0.05) is 30.8 Å². The Morgan fingerprint density at radius 1 is 1.20 bits per heavy atom. The van der Waals surface area contributed by atoms with E-state index in [9.17, 15) is 9.59 Å². The zero-order chi connectivity index (χ0) is 14.4. The molecule has 0 unspecified atom stereocenters. The number of amides is 2. The minimum absolute atomic E-state index is 0.000226. The number of nitrogens with zero attached hydrogens (tertiary/aromatic N) is 1. The fourth-order valence-electron chi connectivity index (χ4n) is 2.10. The standard InChI is InChI=1S/C15H20N2O3/c1-2-3-14(18)16-13-6-4-12(5-7-13)15(19)17-8-10-20-11-9-17/h4-7H,2-3,8-11H2,1H3,(H,16,18). The summed E-state index contributed by atoms with van der Waals surface area (Å²) in [7, 11) is 0. The van der Waals surface area contributed by atoms with Gasteiger partial charge in [-0.1, -0.05) is 6.92 Å². The van der Waals surface area contributed by atoms with E-state index in [0.29, 0.717) is 38.3 Å². The Labute approximate surface area is 118 Å². The zero-order valence-electron chi connectivity index (χ0n) is 11.7. The third kappa shape index (κ3) is 3.81. The van der Waals surface area contributed by atoms with Crippen LogP contribution in [-0.4, -0.2) is 43.0 Å². The molecule has 1 heterocycles. The Hall–Kier alpha value is -1.88. The molecule has 20 heavy (non-hydrogen) atoms. The Bertz CT molecular complexity index is 465. The number of hydrogen-bond acceptors (Lipinski definition) is 3. The van der Waals surface area contributed by atoms with E-state index in [1.807, 2.05) is 6.92 Å². The van der Waals surface area contributed by atoms with Gasteiger partial charge in [0.2, 0.25) is 5.91 Å². The first-order valence-corrected chi connectivity index (χ1v) is 6.97. The van der Waals surface area contributed by atoms with Gasteiger partial charge in [-0.05, 0) is 30.7 Å². The summed E-state index contributed by atoms with van der Waals surface area (Å²) in [4.78, 5) is 25.5. The predicted octanol–water partition coefficient (Wildman–Crippen LogP) is 1.90.